The molecule has 50 heavy (non-hydrogen) atoms. The van der Waals surface area contributed by atoms with Gasteiger partial charge < -0.3 is 34.1 Å². The molecule has 2 amide bonds. The summed E-state index contributed by atoms with van der Waals surface area (Å²) in [5, 5.41) is 17.5. The normalized spacial score (nSPS) is 19.7. The molecule has 0 spiro atoms. The third-order valence-electron chi connectivity index (χ3n) is 11.3. The lowest BCUT2D eigenvalue weighted by atomic mass is 9.91. The van der Waals surface area contributed by atoms with Crippen molar-refractivity contribution >= 4 is 28.6 Å². The van der Waals surface area contributed by atoms with Crippen molar-refractivity contribution in [2.24, 2.45) is 5.92 Å². The fraction of sp³-hybridized carbons (Fsp3) is 0.641. The van der Waals surface area contributed by atoms with Crippen molar-refractivity contribution in [1.82, 2.24) is 10.6 Å². The number of benzene rings is 2. The summed E-state index contributed by atoms with van der Waals surface area (Å²) in [7, 11) is -4.40. The molecule has 1 unspecified atom stereocenters. The van der Waals surface area contributed by atoms with E-state index < -0.39 is 52.4 Å². The molecule has 4 rings (SSSR count). The Kier molecular flexibility index (Phi) is 12.2. The zero-order valence-electron chi connectivity index (χ0n) is 32.4. The average molecular weight is 727 g/mol. The van der Waals surface area contributed by atoms with Gasteiger partial charge in [-0.1, -0.05) is 104 Å². The second-order valence-electron chi connectivity index (χ2n) is 17.7. The number of aliphatic hydroxyl groups is 1. The first-order chi connectivity index (χ1) is 23.1. The Hall–Kier alpha value is -2.55. The summed E-state index contributed by atoms with van der Waals surface area (Å²) >= 11 is 0. The van der Waals surface area contributed by atoms with E-state index in [1.807, 2.05) is 38.1 Å². The smallest absolute Gasteiger partial charge is 0.407 e. The zero-order valence-corrected chi connectivity index (χ0v) is 34.4. The van der Waals surface area contributed by atoms with E-state index in [1.54, 1.807) is 0 Å². The lowest BCUT2D eigenvalue weighted by Gasteiger charge is -2.38. The quantitative estimate of drug-likeness (QED) is 0.128. The van der Waals surface area contributed by atoms with Gasteiger partial charge in [-0.15, -0.1) is 0 Å². The average Bonchev–Trinajstić information content (AvgIpc) is 3.75. The second-order valence-corrected chi connectivity index (χ2v) is 27.3. The number of ether oxygens (including phenoxy) is 2. The molecule has 2 aromatic carbocycles. The molecule has 1 fully saturated rings. The van der Waals surface area contributed by atoms with E-state index in [0.717, 1.165) is 22.3 Å². The molecular formula is C39H62N2O7Si2. The minimum atomic E-state index is -2.29. The number of rotatable bonds is 15. The van der Waals surface area contributed by atoms with Crippen LogP contribution in [-0.4, -0.2) is 84.0 Å². The van der Waals surface area contributed by atoms with Gasteiger partial charge in [0.1, 0.15) is 24.4 Å². The monoisotopic (exact) mass is 726 g/mol. The van der Waals surface area contributed by atoms with E-state index in [2.05, 4.69) is 103 Å². The standard InChI is InChI=1S/C39H62N2O7Si2/c1-26(2)21-32(34(42)39(24-46-39)25-48-50(11,12)38(6,7)8)40-35(43)33(23-47-49(9,10)37(3,4)5)41-36(44)45-22-31-29-19-15-13-17-27(29)28-18-14-16-20-30(28)31/h13-20,26,31-34,42H,21-25H2,1-12H3,(H,40,43)(H,41,44)/t32?,33-,34-,39-/m0/s1. The first-order valence-electron chi connectivity index (χ1n) is 18.1. The molecule has 11 heteroatoms. The molecule has 0 bridgehead atoms. The summed E-state index contributed by atoms with van der Waals surface area (Å²) in [6, 6.07) is 14.7. The largest absolute Gasteiger partial charge is 0.449 e. The summed E-state index contributed by atoms with van der Waals surface area (Å²) in [6.45, 7) is 26.3. The van der Waals surface area contributed by atoms with Crippen molar-refractivity contribution in [3.63, 3.8) is 0 Å². The number of alkyl carbamates (subject to hydrolysis) is 1. The van der Waals surface area contributed by atoms with Gasteiger partial charge >= 0.3 is 6.09 Å². The zero-order chi connectivity index (χ0) is 37.3. The number of fused-ring (bicyclic) bond motifs is 3. The van der Waals surface area contributed by atoms with Crippen LogP contribution >= 0.6 is 0 Å². The Morgan fingerprint density at radius 2 is 1.38 bits per heavy atom. The van der Waals surface area contributed by atoms with Gasteiger partial charge in [-0.05, 0) is 70.9 Å². The molecule has 1 aliphatic carbocycles. The van der Waals surface area contributed by atoms with Crippen molar-refractivity contribution in [2.45, 2.75) is 128 Å². The lowest BCUT2D eigenvalue weighted by molar-refractivity contribution is -0.126. The maximum absolute atomic E-state index is 14.1. The first-order valence-corrected chi connectivity index (χ1v) is 23.9. The highest BCUT2D eigenvalue weighted by Gasteiger charge is 2.56. The van der Waals surface area contributed by atoms with Gasteiger partial charge in [0, 0.05) is 5.92 Å². The van der Waals surface area contributed by atoms with Crippen LogP contribution in [0.3, 0.4) is 0 Å². The van der Waals surface area contributed by atoms with E-state index in [9.17, 15) is 14.7 Å². The van der Waals surface area contributed by atoms with Gasteiger partial charge in [0.15, 0.2) is 16.6 Å². The highest BCUT2D eigenvalue weighted by molar-refractivity contribution is 6.74. The molecule has 2 aromatic rings. The highest BCUT2D eigenvalue weighted by atomic mass is 28.4. The fourth-order valence-corrected chi connectivity index (χ4v) is 7.90. The summed E-state index contributed by atoms with van der Waals surface area (Å²) in [4.78, 5) is 27.6. The van der Waals surface area contributed by atoms with Crippen LogP contribution in [0, 0.1) is 5.92 Å². The molecule has 0 radical (unpaired) electrons. The van der Waals surface area contributed by atoms with Gasteiger partial charge in [0.2, 0.25) is 5.91 Å². The number of carbonyl (C=O) groups excluding carboxylic acids is 2. The Morgan fingerprint density at radius 1 is 0.880 bits per heavy atom. The van der Waals surface area contributed by atoms with E-state index in [0.29, 0.717) is 13.0 Å². The first kappa shape index (κ1) is 40.2. The minimum Gasteiger partial charge on any atom is -0.449 e. The summed E-state index contributed by atoms with van der Waals surface area (Å²) in [6.07, 6.45) is -1.19. The lowest BCUT2D eigenvalue weighted by Crippen LogP contribution is -2.59. The molecule has 0 aromatic heterocycles. The molecule has 3 N–H and O–H groups in total. The van der Waals surface area contributed by atoms with Crippen LogP contribution in [0.2, 0.25) is 36.3 Å². The van der Waals surface area contributed by atoms with Gasteiger partial charge in [-0.3, -0.25) is 4.79 Å². The summed E-state index contributed by atoms with van der Waals surface area (Å²) in [5.41, 5.74) is 3.60. The number of carbonyl (C=O) groups is 2. The summed E-state index contributed by atoms with van der Waals surface area (Å²) < 4.78 is 24.7. The highest BCUT2D eigenvalue weighted by Crippen LogP contribution is 2.45. The molecule has 278 valence electrons. The van der Waals surface area contributed by atoms with E-state index in [-0.39, 0.29) is 41.7 Å². The summed E-state index contributed by atoms with van der Waals surface area (Å²) in [5.74, 6) is -0.384. The molecule has 1 heterocycles. The molecule has 0 saturated carbocycles. The number of hydrogen-bond donors (Lipinski definition) is 3. The predicted octanol–water partition coefficient (Wildman–Crippen LogP) is 7.60. The van der Waals surface area contributed by atoms with Crippen LogP contribution in [0.4, 0.5) is 4.79 Å². The van der Waals surface area contributed by atoms with Crippen molar-refractivity contribution in [3.8, 4) is 11.1 Å². The third kappa shape index (κ3) is 9.27. The van der Waals surface area contributed by atoms with Crippen LogP contribution < -0.4 is 10.6 Å². The second kappa shape index (κ2) is 15.2. The van der Waals surface area contributed by atoms with Crippen molar-refractivity contribution in [3.05, 3.63) is 59.7 Å². The Balaban J connectivity index is 1.50. The SMILES string of the molecule is CC(C)CC(NC(=O)[C@H](CO[Si](C)(C)C(C)(C)C)NC(=O)OCC1c2ccccc2-c2ccccc21)[C@H](O)[C@@]1(CO[Si](C)(C)C(C)(C)C)CO1. The van der Waals surface area contributed by atoms with Crippen molar-refractivity contribution in [1.29, 1.82) is 0 Å². The van der Waals surface area contributed by atoms with Gasteiger partial charge in [0.05, 0.1) is 25.9 Å². The molecular weight excluding hydrogens is 665 g/mol. The van der Waals surface area contributed by atoms with E-state index in [1.165, 1.54) is 0 Å². The Morgan fingerprint density at radius 3 is 1.86 bits per heavy atom. The van der Waals surface area contributed by atoms with Crippen LogP contribution in [0.1, 0.15) is 78.9 Å². The number of hydrogen-bond acceptors (Lipinski definition) is 7. The molecule has 1 saturated heterocycles. The molecule has 9 nitrogen and oxygen atoms in total. The van der Waals surface area contributed by atoms with Gasteiger partial charge in [-0.25, -0.2) is 4.79 Å². The predicted molar refractivity (Wildman–Crippen MR) is 204 cm³/mol. The number of epoxide rings is 1. The van der Waals surface area contributed by atoms with Crippen LogP contribution in [-0.2, 0) is 23.1 Å². The van der Waals surface area contributed by atoms with Gasteiger partial charge in [-0.2, -0.15) is 0 Å². The van der Waals surface area contributed by atoms with Crippen LogP contribution in [0.5, 0.6) is 0 Å². The van der Waals surface area contributed by atoms with E-state index >= 15 is 0 Å². The number of nitrogens with one attached hydrogen (secondary N) is 2. The molecule has 4 atom stereocenters. The van der Waals surface area contributed by atoms with Crippen molar-refractivity contribution < 1.29 is 33.0 Å². The maximum atomic E-state index is 14.1. The van der Waals surface area contributed by atoms with E-state index in [4.69, 9.17) is 18.3 Å². The maximum Gasteiger partial charge on any atom is 0.407 e. The van der Waals surface area contributed by atoms with Crippen LogP contribution in [0.25, 0.3) is 11.1 Å². The van der Waals surface area contributed by atoms with Crippen LogP contribution in [0.15, 0.2) is 48.5 Å². The Bertz CT molecular complexity index is 1450. The number of amides is 2. The number of aliphatic hydroxyl groups excluding tert-OH is 1. The fourth-order valence-electron chi connectivity index (χ4n) is 5.85. The molecule has 1 aliphatic heterocycles. The third-order valence-corrected chi connectivity index (χ3v) is 20.3. The van der Waals surface area contributed by atoms with Crippen molar-refractivity contribution in [2.75, 3.05) is 26.4 Å². The van der Waals surface area contributed by atoms with Gasteiger partial charge in [0.25, 0.3) is 0 Å². The molecule has 2 aliphatic rings. The minimum absolute atomic E-state index is 0.00175. The topological polar surface area (TPSA) is 119 Å². The Labute approximate surface area is 302 Å².